The van der Waals surface area contributed by atoms with Gasteiger partial charge in [-0.1, -0.05) is 13.8 Å². The van der Waals surface area contributed by atoms with Crippen LogP contribution in [0.5, 0.6) is 5.75 Å². The van der Waals surface area contributed by atoms with Crippen LogP contribution in [0, 0.1) is 17.2 Å². The van der Waals surface area contributed by atoms with Crippen LogP contribution in [0.15, 0.2) is 18.2 Å². The van der Waals surface area contributed by atoms with Crippen molar-refractivity contribution in [1.82, 2.24) is 0 Å². The lowest BCUT2D eigenvalue weighted by molar-refractivity contribution is 0.0834. The molecule has 0 bridgehead atoms. The lowest BCUT2D eigenvalue weighted by Gasteiger charge is -2.33. The molecule has 19 heavy (non-hydrogen) atoms. The molecule has 0 spiro atoms. The van der Waals surface area contributed by atoms with Crippen molar-refractivity contribution in [3.8, 4) is 5.75 Å². The summed E-state index contributed by atoms with van der Waals surface area (Å²) in [4.78, 5) is 12.5. The van der Waals surface area contributed by atoms with Crippen LogP contribution in [0.1, 0.15) is 49.9 Å². The molecule has 0 aliphatic heterocycles. The molecule has 1 fully saturated rings. The van der Waals surface area contributed by atoms with Crippen molar-refractivity contribution < 1.29 is 13.9 Å². The summed E-state index contributed by atoms with van der Waals surface area (Å²) in [5.41, 5.74) is 0.704. The van der Waals surface area contributed by atoms with E-state index in [2.05, 4.69) is 13.8 Å². The molecule has 0 aromatic heterocycles. The van der Waals surface area contributed by atoms with E-state index in [4.69, 9.17) is 4.74 Å². The Morgan fingerprint density at radius 2 is 1.95 bits per heavy atom. The maximum atomic E-state index is 13.3. The number of ketones is 1. The van der Waals surface area contributed by atoms with E-state index >= 15 is 0 Å². The third kappa shape index (κ3) is 3.14. The second-order valence-electron chi connectivity index (χ2n) is 6.15. The van der Waals surface area contributed by atoms with Gasteiger partial charge in [-0.2, -0.15) is 0 Å². The maximum Gasteiger partial charge on any atom is 0.169 e. The number of carbonyl (C=O) groups is 1. The average Bonchev–Trinajstić information content (AvgIpc) is 2.38. The molecule has 0 radical (unpaired) electrons. The molecule has 1 saturated carbocycles. The van der Waals surface area contributed by atoms with Gasteiger partial charge in [0, 0.05) is 5.92 Å². The minimum absolute atomic E-state index is 0.00345. The molecule has 3 heteroatoms. The van der Waals surface area contributed by atoms with Crippen LogP contribution in [-0.4, -0.2) is 12.9 Å². The van der Waals surface area contributed by atoms with Gasteiger partial charge < -0.3 is 4.74 Å². The van der Waals surface area contributed by atoms with Crippen molar-refractivity contribution in [2.75, 3.05) is 7.11 Å². The van der Waals surface area contributed by atoms with Gasteiger partial charge in [-0.3, -0.25) is 4.79 Å². The number of carbonyl (C=O) groups excluding carboxylic acids is 1. The molecule has 0 N–H and O–H groups in total. The summed E-state index contributed by atoms with van der Waals surface area (Å²) >= 11 is 0. The first-order valence-corrected chi connectivity index (χ1v) is 6.81. The number of hydrogen-bond acceptors (Lipinski definition) is 2. The molecule has 0 atom stereocenters. The van der Waals surface area contributed by atoms with E-state index in [9.17, 15) is 9.18 Å². The highest BCUT2D eigenvalue weighted by Gasteiger charge is 2.32. The van der Waals surface area contributed by atoms with Crippen LogP contribution >= 0.6 is 0 Å². The zero-order chi connectivity index (χ0) is 14.0. The minimum atomic E-state index is -0.389. The zero-order valence-corrected chi connectivity index (χ0v) is 11.8. The molecular weight excluding hydrogens is 243 g/mol. The zero-order valence-electron chi connectivity index (χ0n) is 11.8. The molecule has 1 aromatic rings. The molecule has 2 rings (SSSR count). The molecule has 1 aliphatic rings. The summed E-state index contributed by atoms with van der Waals surface area (Å²) in [5, 5.41) is 0. The van der Waals surface area contributed by atoms with E-state index in [0.29, 0.717) is 16.7 Å². The Bertz CT molecular complexity index is 470. The Balaban J connectivity index is 2.18. The van der Waals surface area contributed by atoms with Gasteiger partial charge in [0.05, 0.1) is 12.7 Å². The maximum absolute atomic E-state index is 13.3. The standard InChI is InChI=1S/C16H21FO2/c1-16(2)8-6-11(7-9-16)15(18)13-10-12(17)4-5-14(13)19-3/h4-5,10-11H,6-9H2,1-3H3. The second-order valence-corrected chi connectivity index (χ2v) is 6.15. The van der Waals surface area contributed by atoms with E-state index in [-0.39, 0.29) is 17.5 Å². The summed E-state index contributed by atoms with van der Waals surface area (Å²) in [5.74, 6) is 0.104. The first kappa shape index (κ1) is 14.0. The van der Waals surface area contributed by atoms with E-state index in [1.165, 1.54) is 25.3 Å². The Labute approximate surface area is 114 Å². The Morgan fingerprint density at radius 1 is 1.32 bits per heavy atom. The van der Waals surface area contributed by atoms with Gasteiger partial charge in [0.15, 0.2) is 5.78 Å². The van der Waals surface area contributed by atoms with Gasteiger partial charge in [-0.05, 0) is 49.3 Å². The number of ether oxygens (including phenoxy) is 1. The molecule has 0 saturated heterocycles. The Morgan fingerprint density at radius 3 is 2.53 bits per heavy atom. The summed E-state index contributed by atoms with van der Waals surface area (Å²) in [6.45, 7) is 4.47. The van der Waals surface area contributed by atoms with Gasteiger partial charge in [-0.25, -0.2) is 4.39 Å². The molecule has 0 heterocycles. The molecule has 0 amide bonds. The Hall–Kier alpha value is -1.38. The fraction of sp³-hybridized carbons (Fsp3) is 0.562. The van der Waals surface area contributed by atoms with Crippen LogP contribution in [0.3, 0.4) is 0 Å². The van der Waals surface area contributed by atoms with Crippen LogP contribution < -0.4 is 4.74 Å². The van der Waals surface area contributed by atoms with E-state index in [1.54, 1.807) is 0 Å². The van der Waals surface area contributed by atoms with Crippen molar-refractivity contribution in [3.05, 3.63) is 29.6 Å². The summed E-state index contributed by atoms with van der Waals surface area (Å²) < 4.78 is 18.5. The van der Waals surface area contributed by atoms with Crippen molar-refractivity contribution >= 4 is 5.78 Å². The first-order chi connectivity index (χ1) is 8.93. The number of Topliss-reactive ketones (excluding diaryl/α,β-unsaturated/α-hetero) is 1. The summed E-state index contributed by atoms with van der Waals surface area (Å²) in [6.07, 6.45) is 3.85. The summed E-state index contributed by atoms with van der Waals surface area (Å²) in [6, 6.07) is 4.13. The SMILES string of the molecule is COc1ccc(F)cc1C(=O)C1CCC(C)(C)CC1. The monoisotopic (exact) mass is 264 g/mol. The Kier molecular flexibility index (Phi) is 3.93. The molecule has 1 aliphatic carbocycles. The third-order valence-electron chi connectivity index (χ3n) is 4.14. The largest absolute Gasteiger partial charge is 0.496 e. The lowest BCUT2D eigenvalue weighted by Crippen LogP contribution is -2.26. The first-order valence-electron chi connectivity index (χ1n) is 6.81. The van der Waals surface area contributed by atoms with Gasteiger partial charge in [0.2, 0.25) is 0 Å². The fourth-order valence-corrected chi connectivity index (χ4v) is 2.75. The van der Waals surface area contributed by atoms with Crippen molar-refractivity contribution in [1.29, 1.82) is 0 Å². The normalized spacial score (nSPS) is 19.2. The quantitative estimate of drug-likeness (QED) is 0.763. The number of halogens is 1. The molecular formula is C16H21FO2. The highest BCUT2D eigenvalue weighted by molar-refractivity contribution is 6.00. The predicted molar refractivity (Wildman–Crippen MR) is 73.0 cm³/mol. The van der Waals surface area contributed by atoms with Gasteiger partial charge in [0.1, 0.15) is 11.6 Å². The predicted octanol–water partition coefficient (Wildman–Crippen LogP) is 4.23. The smallest absolute Gasteiger partial charge is 0.169 e. The topological polar surface area (TPSA) is 26.3 Å². The van der Waals surface area contributed by atoms with Crippen LogP contribution in [0.25, 0.3) is 0 Å². The highest BCUT2D eigenvalue weighted by Crippen LogP contribution is 2.39. The van der Waals surface area contributed by atoms with E-state index in [1.807, 2.05) is 0 Å². The van der Waals surface area contributed by atoms with Crippen molar-refractivity contribution in [2.24, 2.45) is 11.3 Å². The van der Waals surface area contributed by atoms with Crippen LogP contribution in [0.4, 0.5) is 4.39 Å². The van der Waals surface area contributed by atoms with Gasteiger partial charge in [0.25, 0.3) is 0 Å². The van der Waals surface area contributed by atoms with E-state index < -0.39 is 0 Å². The number of benzene rings is 1. The van der Waals surface area contributed by atoms with Crippen molar-refractivity contribution in [2.45, 2.75) is 39.5 Å². The molecule has 2 nitrogen and oxygen atoms in total. The van der Waals surface area contributed by atoms with E-state index in [0.717, 1.165) is 25.7 Å². The number of methoxy groups -OCH3 is 1. The molecule has 1 aromatic carbocycles. The lowest BCUT2D eigenvalue weighted by atomic mass is 9.71. The fourth-order valence-electron chi connectivity index (χ4n) is 2.75. The molecule has 0 unspecified atom stereocenters. The van der Waals surface area contributed by atoms with Crippen LogP contribution in [0.2, 0.25) is 0 Å². The summed E-state index contributed by atoms with van der Waals surface area (Å²) in [7, 11) is 1.51. The second kappa shape index (κ2) is 5.32. The third-order valence-corrected chi connectivity index (χ3v) is 4.14. The number of rotatable bonds is 3. The highest BCUT2D eigenvalue weighted by atomic mass is 19.1. The minimum Gasteiger partial charge on any atom is -0.496 e. The number of hydrogen-bond donors (Lipinski definition) is 0. The van der Waals surface area contributed by atoms with Gasteiger partial charge in [-0.15, -0.1) is 0 Å². The molecule has 104 valence electrons. The van der Waals surface area contributed by atoms with Crippen molar-refractivity contribution in [3.63, 3.8) is 0 Å². The average molecular weight is 264 g/mol. The van der Waals surface area contributed by atoms with Crippen LogP contribution in [-0.2, 0) is 0 Å². The van der Waals surface area contributed by atoms with Gasteiger partial charge >= 0.3 is 0 Å².